The van der Waals surface area contributed by atoms with Crippen molar-refractivity contribution < 1.29 is 14.3 Å². The van der Waals surface area contributed by atoms with E-state index in [0.29, 0.717) is 13.2 Å². The first-order chi connectivity index (χ1) is 8.15. The summed E-state index contributed by atoms with van der Waals surface area (Å²) in [5.41, 5.74) is 5.12. The van der Waals surface area contributed by atoms with Gasteiger partial charge in [-0.25, -0.2) is 0 Å². The standard InChI is InChI=1S/C11H15N3O3/c12-11(16)9-3-10(15)14-5-8-2-1-7(4-13-9)6-17-8/h3-4,7-8H,1-2,5-6H2,(H2,12,16)(H,14,15). The second-order valence-electron chi connectivity index (χ2n) is 4.21. The highest BCUT2D eigenvalue weighted by atomic mass is 16.5. The van der Waals surface area contributed by atoms with Crippen LogP contribution in [0.5, 0.6) is 0 Å². The van der Waals surface area contributed by atoms with E-state index in [-0.39, 0.29) is 23.6 Å². The van der Waals surface area contributed by atoms with Crippen LogP contribution in [0.3, 0.4) is 0 Å². The second-order valence-corrected chi connectivity index (χ2v) is 4.21. The Morgan fingerprint density at radius 3 is 3.00 bits per heavy atom. The highest BCUT2D eigenvalue weighted by Gasteiger charge is 2.22. The summed E-state index contributed by atoms with van der Waals surface area (Å²) < 4.78 is 5.57. The fourth-order valence-electron chi connectivity index (χ4n) is 1.85. The smallest absolute Gasteiger partial charge is 0.267 e. The van der Waals surface area contributed by atoms with E-state index in [9.17, 15) is 9.59 Å². The van der Waals surface area contributed by atoms with Crippen LogP contribution in [0.25, 0.3) is 0 Å². The fraction of sp³-hybridized carbons (Fsp3) is 0.545. The first kappa shape index (κ1) is 11.8. The number of carbonyl (C=O) groups is 2. The average Bonchev–Trinajstić information content (AvgIpc) is 2.37. The number of amides is 2. The number of nitrogens with zero attached hydrogens (tertiary/aromatic N) is 1. The van der Waals surface area contributed by atoms with Crippen molar-refractivity contribution in [3.63, 3.8) is 0 Å². The molecule has 2 amide bonds. The van der Waals surface area contributed by atoms with Crippen LogP contribution in [-0.2, 0) is 14.3 Å². The number of primary amides is 1. The SMILES string of the molecule is NC(=O)C1=CC(=O)NCC2CCC(C=N1)CO2. The lowest BCUT2D eigenvalue weighted by atomic mass is 9.99. The topological polar surface area (TPSA) is 93.8 Å². The molecule has 0 aliphatic carbocycles. The van der Waals surface area contributed by atoms with Gasteiger partial charge in [0, 0.05) is 24.8 Å². The van der Waals surface area contributed by atoms with E-state index in [2.05, 4.69) is 10.3 Å². The van der Waals surface area contributed by atoms with Crippen molar-refractivity contribution in [2.24, 2.45) is 16.6 Å². The van der Waals surface area contributed by atoms with E-state index in [4.69, 9.17) is 10.5 Å². The van der Waals surface area contributed by atoms with Gasteiger partial charge in [0.2, 0.25) is 5.91 Å². The van der Waals surface area contributed by atoms with E-state index in [1.165, 1.54) is 0 Å². The summed E-state index contributed by atoms with van der Waals surface area (Å²) in [6, 6.07) is 0. The van der Waals surface area contributed by atoms with E-state index < -0.39 is 5.91 Å². The van der Waals surface area contributed by atoms with Gasteiger partial charge in [0.15, 0.2) is 0 Å². The van der Waals surface area contributed by atoms with Crippen molar-refractivity contribution in [2.45, 2.75) is 18.9 Å². The van der Waals surface area contributed by atoms with Crippen molar-refractivity contribution in [1.29, 1.82) is 0 Å². The number of carbonyl (C=O) groups excluding carboxylic acids is 2. The number of hydrogen-bond acceptors (Lipinski definition) is 4. The first-order valence-corrected chi connectivity index (χ1v) is 5.60. The molecule has 3 N–H and O–H groups in total. The molecule has 0 aromatic rings. The van der Waals surface area contributed by atoms with Gasteiger partial charge in [-0.2, -0.15) is 0 Å². The lowest BCUT2D eigenvalue weighted by Gasteiger charge is -2.26. The van der Waals surface area contributed by atoms with Gasteiger partial charge >= 0.3 is 0 Å². The molecule has 0 spiro atoms. The Morgan fingerprint density at radius 2 is 2.35 bits per heavy atom. The molecule has 3 rings (SSSR count). The summed E-state index contributed by atoms with van der Waals surface area (Å²) in [5.74, 6) is -0.891. The third kappa shape index (κ3) is 3.13. The quantitative estimate of drug-likeness (QED) is 0.634. The highest BCUT2D eigenvalue weighted by molar-refractivity contribution is 6.00. The lowest BCUT2D eigenvalue weighted by Crippen LogP contribution is -2.36. The van der Waals surface area contributed by atoms with Crippen molar-refractivity contribution in [1.82, 2.24) is 5.32 Å². The van der Waals surface area contributed by atoms with Crippen LogP contribution < -0.4 is 11.1 Å². The number of nitrogens with two attached hydrogens (primary N) is 1. The molecule has 3 heterocycles. The van der Waals surface area contributed by atoms with Gasteiger partial charge < -0.3 is 15.8 Å². The van der Waals surface area contributed by atoms with Crippen molar-refractivity contribution in [3.05, 3.63) is 11.8 Å². The van der Waals surface area contributed by atoms with Crippen molar-refractivity contribution in [2.75, 3.05) is 13.2 Å². The van der Waals surface area contributed by atoms with Crippen LogP contribution in [0.1, 0.15) is 12.8 Å². The second kappa shape index (κ2) is 5.09. The summed E-state index contributed by atoms with van der Waals surface area (Å²) in [4.78, 5) is 26.5. The summed E-state index contributed by atoms with van der Waals surface area (Å²) >= 11 is 0. The molecular weight excluding hydrogens is 222 g/mol. The highest BCUT2D eigenvalue weighted by Crippen LogP contribution is 2.18. The third-order valence-corrected chi connectivity index (χ3v) is 2.85. The minimum absolute atomic E-state index is 0.0205. The van der Waals surface area contributed by atoms with Gasteiger partial charge in [0.1, 0.15) is 5.70 Å². The van der Waals surface area contributed by atoms with Crippen molar-refractivity contribution >= 4 is 18.0 Å². The predicted molar refractivity (Wildman–Crippen MR) is 61.2 cm³/mol. The van der Waals surface area contributed by atoms with Gasteiger partial charge in [-0.05, 0) is 12.8 Å². The van der Waals surface area contributed by atoms with E-state index in [1.807, 2.05) is 0 Å². The molecule has 6 nitrogen and oxygen atoms in total. The number of hydrogen-bond donors (Lipinski definition) is 2. The maximum atomic E-state index is 11.5. The molecule has 2 atom stereocenters. The van der Waals surface area contributed by atoms with Gasteiger partial charge in [-0.3, -0.25) is 14.6 Å². The van der Waals surface area contributed by atoms with Crippen LogP contribution in [0.15, 0.2) is 16.8 Å². The number of aliphatic imine (C=N–C) groups is 1. The lowest BCUT2D eigenvalue weighted by molar-refractivity contribution is -0.118. The minimum atomic E-state index is -0.703. The number of fused-ring (bicyclic) bond motifs is 6. The summed E-state index contributed by atoms with van der Waals surface area (Å²) in [6.07, 6.45) is 4.64. The Morgan fingerprint density at radius 1 is 1.53 bits per heavy atom. The largest absolute Gasteiger partial charge is 0.376 e. The molecule has 17 heavy (non-hydrogen) atoms. The Kier molecular flexibility index (Phi) is 3.53. The Balaban J connectivity index is 2.21. The average molecular weight is 237 g/mol. The van der Waals surface area contributed by atoms with E-state index in [0.717, 1.165) is 18.9 Å². The zero-order chi connectivity index (χ0) is 12.3. The number of ether oxygens (including phenoxy) is 1. The normalized spacial score (nSPS) is 29.2. The molecule has 0 saturated carbocycles. The zero-order valence-electron chi connectivity index (χ0n) is 9.39. The van der Waals surface area contributed by atoms with Crippen LogP contribution in [0.2, 0.25) is 0 Å². The zero-order valence-corrected chi connectivity index (χ0v) is 9.39. The Hall–Kier alpha value is -1.69. The van der Waals surface area contributed by atoms with E-state index in [1.54, 1.807) is 6.21 Å². The molecule has 0 aromatic heterocycles. The van der Waals surface area contributed by atoms with Crippen LogP contribution >= 0.6 is 0 Å². The van der Waals surface area contributed by atoms with Crippen LogP contribution in [0.4, 0.5) is 0 Å². The maximum Gasteiger partial charge on any atom is 0.267 e. The van der Waals surface area contributed by atoms with E-state index >= 15 is 0 Å². The molecule has 0 radical (unpaired) electrons. The minimum Gasteiger partial charge on any atom is -0.376 e. The summed E-state index contributed by atoms with van der Waals surface area (Å²) in [6.45, 7) is 1.02. The third-order valence-electron chi connectivity index (χ3n) is 2.85. The summed E-state index contributed by atoms with van der Waals surface area (Å²) in [5, 5.41) is 2.67. The summed E-state index contributed by atoms with van der Waals surface area (Å²) in [7, 11) is 0. The maximum absolute atomic E-state index is 11.5. The number of rotatable bonds is 1. The van der Waals surface area contributed by atoms with Gasteiger partial charge in [0.25, 0.3) is 5.91 Å². The monoisotopic (exact) mass is 237 g/mol. The molecule has 2 bridgehead atoms. The van der Waals surface area contributed by atoms with Gasteiger partial charge in [0.05, 0.1) is 12.7 Å². The fourth-order valence-corrected chi connectivity index (χ4v) is 1.85. The molecule has 1 saturated heterocycles. The van der Waals surface area contributed by atoms with Crippen LogP contribution in [-0.4, -0.2) is 37.3 Å². The Labute approximate surface area is 98.9 Å². The molecule has 6 heteroatoms. The molecule has 0 aromatic carbocycles. The van der Waals surface area contributed by atoms with Crippen LogP contribution in [0, 0.1) is 5.92 Å². The molecule has 3 aliphatic rings. The first-order valence-electron chi connectivity index (χ1n) is 5.60. The molecule has 3 aliphatic heterocycles. The predicted octanol–water partition coefficient (Wildman–Crippen LogP) is -0.649. The molecule has 1 fully saturated rings. The van der Waals surface area contributed by atoms with Crippen molar-refractivity contribution in [3.8, 4) is 0 Å². The number of nitrogens with one attached hydrogen (secondary N) is 1. The van der Waals surface area contributed by atoms with Gasteiger partial charge in [-0.15, -0.1) is 0 Å². The molecule has 92 valence electrons. The molecule has 2 unspecified atom stereocenters. The Bertz CT molecular complexity index is 381. The van der Waals surface area contributed by atoms with Gasteiger partial charge in [-0.1, -0.05) is 0 Å². The molecular formula is C11H15N3O3.